The number of anilines is 1. The number of nitrogen functional groups attached to an aromatic ring is 1. The van der Waals surface area contributed by atoms with E-state index in [1.54, 1.807) is 0 Å². The van der Waals surface area contributed by atoms with Crippen LogP contribution in [0.2, 0.25) is 0 Å². The standard InChI is InChI=1S/C8H12N4O5/c9-4-1-10-12(8(16)11-4)7-6(15)5(14)3(2-13)17-7/h1,3,5-7,13-15H,2H2,(H2,9,11,16)/t3-,5-,6-,7?/m1/s1. The van der Waals surface area contributed by atoms with Gasteiger partial charge in [0.05, 0.1) is 12.8 Å². The largest absolute Gasteiger partial charge is 0.394 e. The SMILES string of the molecule is Nc1cnn(C2O[C@H](CO)[C@@H](O)[C@H]2O)c(=O)n1. The fourth-order valence-electron chi connectivity index (χ4n) is 1.62. The van der Waals surface area contributed by atoms with Gasteiger partial charge in [-0.05, 0) is 0 Å². The first-order valence-corrected chi connectivity index (χ1v) is 4.88. The zero-order valence-electron chi connectivity index (χ0n) is 8.67. The molecule has 1 aliphatic rings. The first-order valence-electron chi connectivity index (χ1n) is 4.88. The quantitative estimate of drug-likeness (QED) is 0.426. The van der Waals surface area contributed by atoms with E-state index in [0.29, 0.717) is 0 Å². The Balaban J connectivity index is 2.32. The van der Waals surface area contributed by atoms with Crippen LogP contribution in [0.15, 0.2) is 11.0 Å². The van der Waals surface area contributed by atoms with E-state index >= 15 is 0 Å². The molecule has 0 aromatic carbocycles. The number of aliphatic hydroxyl groups is 3. The molecule has 0 amide bonds. The van der Waals surface area contributed by atoms with E-state index in [0.717, 1.165) is 10.9 Å². The van der Waals surface area contributed by atoms with Crippen LogP contribution in [0, 0.1) is 0 Å². The fourth-order valence-corrected chi connectivity index (χ4v) is 1.62. The molecule has 9 nitrogen and oxygen atoms in total. The number of nitrogens with two attached hydrogens (primary N) is 1. The number of hydrogen-bond acceptors (Lipinski definition) is 8. The lowest BCUT2D eigenvalue weighted by molar-refractivity contribution is -0.0616. The second kappa shape index (κ2) is 4.37. The minimum atomic E-state index is -1.37. The molecule has 1 aromatic rings. The summed E-state index contributed by atoms with van der Waals surface area (Å²) in [4.78, 5) is 14.9. The first-order chi connectivity index (χ1) is 8.04. The molecule has 2 rings (SSSR count). The van der Waals surface area contributed by atoms with Gasteiger partial charge in [0, 0.05) is 0 Å². The van der Waals surface area contributed by atoms with Crippen molar-refractivity contribution in [1.82, 2.24) is 14.8 Å². The summed E-state index contributed by atoms with van der Waals surface area (Å²) in [6.45, 7) is -0.480. The maximum Gasteiger partial charge on any atom is 0.368 e. The van der Waals surface area contributed by atoms with Gasteiger partial charge in [0.15, 0.2) is 6.23 Å². The molecule has 0 aliphatic carbocycles. The molecule has 0 saturated carbocycles. The fraction of sp³-hybridized carbons (Fsp3) is 0.625. The highest BCUT2D eigenvalue weighted by molar-refractivity contribution is 5.19. The highest BCUT2D eigenvalue weighted by Crippen LogP contribution is 2.27. The summed E-state index contributed by atoms with van der Waals surface area (Å²) in [5.74, 6) is -0.0574. The Morgan fingerprint density at radius 1 is 1.47 bits per heavy atom. The van der Waals surface area contributed by atoms with Gasteiger partial charge in [-0.1, -0.05) is 0 Å². The summed E-state index contributed by atoms with van der Waals surface area (Å²) in [5, 5.41) is 31.7. The van der Waals surface area contributed by atoms with Crippen molar-refractivity contribution in [3.63, 3.8) is 0 Å². The third kappa shape index (κ3) is 2.00. The average Bonchev–Trinajstić information content (AvgIpc) is 2.57. The maximum atomic E-state index is 11.4. The third-order valence-corrected chi connectivity index (χ3v) is 2.49. The Morgan fingerprint density at radius 3 is 2.71 bits per heavy atom. The molecule has 0 spiro atoms. The Hall–Kier alpha value is -1.55. The van der Waals surface area contributed by atoms with E-state index in [9.17, 15) is 15.0 Å². The van der Waals surface area contributed by atoms with Crippen LogP contribution in [-0.4, -0.2) is 55.0 Å². The van der Waals surface area contributed by atoms with Crippen molar-refractivity contribution in [3.8, 4) is 0 Å². The number of aromatic nitrogens is 3. The molecule has 9 heteroatoms. The summed E-state index contributed by atoms with van der Waals surface area (Å²) in [6.07, 6.45) is -3.71. The lowest BCUT2D eigenvalue weighted by atomic mass is 10.1. The molecular formula is C8H12N4O5. The van der Waals surface area contributed by atoms with E-state index in [2.05, 4.69) is 10.1 Å². The van der Waals surface area contributed by atoms with Gasteiger partial charge in [0.25, 0.3) is 0 Å². The zero-order valence-corrected chi connectivity index (χ0v) is 8.67. The molecule has 94 valence electrons. The van der Waals surface area contributed by atoms with Gasteiger partial charge >= 0.3 is 5.69 Å². The molecule has 1 saturated heterocycles. The molecule has 5 N–H and O–H groups in total. The molecule has 17 heavy (non-hydrogen) atoms. The van der Waals surface area contributed by atoms with Crippen LogP contribution in [0.4, 0.5) is 5.82 Å². The first kappa shape index (κ1) is 11.9. The molecule has 2 heterocycles. The van der Waals surface area contributed by atoms with Crippen molar-refractivity contribution >= 4 is 5.82 Å². The van der Waals surface area contributed by atoms with Crippen LogP contribution in [0.1, 0.15) is 6.23 Å². The molecular weight excluding hydrogens is 232 g/mol. The number of ether oxygens (including phenoxy) is 1. The molecule has 1 aromatic heterocycles. The predicted molar refractivity (Wildman–Crippen MR) is 53.7 cm³/mol. The van der Waals surface area contributed by atoms with Crippen molar-refractivity contribution in [2.24, 2.45) is 0 Å². The summed E-state index contributed by atoms with van der Waals surface area (Å²) >= 11 is 0. The molecule has 0 bridgehead atoms. The Labute approximate surface area is 95.1 Å². The predicted octanol–water partition coefficient (Wildman–Crippen LogP) is -3.17. The highest BCUT2D eigenvalue weighted by atomic mass is 16.6. The van der Waals surface area contributed by atoms with Crippen LogP contribution < -0.4 is 11.4 Å². The maximum absolute atomic E-state index is 11.4. The van der Waals surface area contributed by atoms with E-state index in [1.807, 2.05) is 0 Å². The smallest absolute Gasteiger partial charge is 0.368 e. The third-order valence-electron chi connectivity index (χ3n) is 2.49. The molecule has 1 unspecified atom stereocenters. The minimum Gasteiger partial charge on any atom is -0.394 e. The van der Waals surface area contributed by atoms with E-state index in [4.69, 9.17) is 15.6 Å². The minimum absolute atomic E-state index is 0.0574. The van der Waals surface area contributed by atoms with Crippen molar-refractivity contribution in [3.05, 3.63) is 16.7 Å². The number of nitrogens with zero attached hydrogens (tertiary/aromatic N) is 3. The van der Waals surface area contributed by atoms with Crippen molar-refractivity contribution in [2.45, 2.75) is 24.5 Å². The Kier molecular flexibility index (Phi) is 3.07. The van der Waals surface area contributed by atoms with Crippen molar-refractivity contribution in [1.29, 1.82) is 0 Å². The van der Waals surface area contributed by atoms with Gasteiger partial charge in [-0.15, -0.1) is 0 Å². The molecule has 1 fully saturated rings. The van der Waals surface area contributed by atoms with Gasteiger partial charge in [0.2, 0.25) is 0 Å². The Morgan fingerprint density at radius 2 is 2.18 bits per heavy atom. The average molecular weight is 244 g/mol. The van der Waals surface area contributed by atoms with Crippen LogP contribution in [0.25, 0.3) is 0 Å². The summed E-state index contributed by atoms with van der Waals surface area (Å²) in [7, 11) is 0. The van der Waals surface area contributed by atoms with Gasteiger partial charge in [-0.2, -0.15) is 14.8 Å². The van der Waals surface area contributed by atoms with Crippen LogP contribution >= 0.6 is 0 Å². The Bertz CT molecular complexity index is 463. The summed E-state index contributed by atoms with van der Waals surface area (Å²) in [6, 6.07) is 0. The van der Waals surface area contributed by atoms with Gasteiger partial charge in [-0.3, -0.25) is 0 Å². The molecule has 4 atom stereocenters. The summed E-state index contributed by atoms with van der Waals surface area (Å²) < 4.78 is 5.88. The number of aliphatic hydroxyl groups excluding tert-OH is 3. The topological polar surface area (TPSA) is 144 Å². The van der Waals surface area contributed by atoms with Crippen LogP contribution in [-0.2, 0) is 4.74 Å². The second-order valence-corrected chi connectivity index (χ2v) is 3.64. The number of hydrogen-bond donors (Lipinski definition) is 4. The number of rotatable bonds is 2. The van der Waals surface area contributed by atoms with Crippen molar-refractivity contribution in [2.75, 3.05) is 12.3 Å². The van der Waals surface area contributed by atoms with E-state index < -0.39 is 36.8 Å². The molecule has 1 aliphatic heterocycles. The highest BCUT2D eigenvalue weighted by Gasteiger charge is 2.44. The van der Waals surface area contributed by atoms with Crippen molar-refractivity contribution < 1.29 is 20.1 Å². The van der Waals surface area contributed by atoms with Gasteiger partial charge in [-0.25, -0.2) is 4.79 Å². The zero-order chi connectivity index (χ0) is 12.6. The monoisotopic (exact) mass is 244 g/mol. The lowest BCUT2D eigenvalue weighted by Gasteiger charge is -2.15. The van der Waals surface area contributed by atoms with Crippen LogP contribution in [0.5, 0.6) is 0 Å². The van der Waals surface area contributed by atoms with E-state index in [1.165, 1.54) is 0 Å². The second-order valence-electron chi connectivity index (χ2n) is 3.64. The molecule has 0 radical (unpaired) electrons. The summed E-state index contributed by atoms with van der Waals surface area (Å²) in [5.41, 5.74) is 4.46. The normalized spacial score (nSPS) is 32.9. The lowest BCUT2D eigenvalue weighted by Crippen LogP contribution is -2.37. The van der Waals surface area contributed by atoms with E-state index in [-0.39, 0.29) is 5.82 Å². The van der Waals surface area contributed by atoms with Gasteiger partial charge in [0.1, 0.15) is 24.1 Å². The van der Waals surface area contributed by atoms with Crippen LogP contribution in [0.3, 0.4) is 0 Å². The van der Waals surface area contributed by atoms with Gasteiger partial charge < -0.3 is 25.8 Å².